The molecule has 0 fully saturated rings. The Hall–Kier alpha value is -5.54. The molecule has 0 bridgehead atoms. The summed E-state index contributed by atoms with van der Waals surface area (Å²) in [6, 6.07) is 9.85. The lowest BCUT2D eigenvalue weighted by Crippen LogP contribution is -2.15. The Morgan fingerprint density at radius 2 is 1.36 bits per heavy atom. The van der Waals surface area contributed by atoms with Gasteiger partial charge >= 0.3 is 10.4 Å². The molecule has 0 radical (unpaired) electrons. The molecule has 0 aliphatic rings. The number of hydrogen-bond donors (Lipinski definition) is 8. The first-order chi connectivity index (χ1) is 28.1. The van der Waals surface area contributed by atoms with E-state index in [4.69, 9.17) is 16.2 Å². The predicted molar refractivity (Wildman–Crippen MR) is 212 cm³/mol. The number of aromatic nitrogens is 3. The van der Waals surface area contributed by atoms with Crippen LogP contribution >= 0.6 is 11.6 Å². The summed E-state index contributed by atoms with van der Waals surface area (Å²) in [4.78, 5) is 20.9. The second-order valence-electron chi connectivity index (χ2n) is 11.9. The number of sulfone groups is 1. The highest BCUT2D eigenvalue weighted by Crippen LogP contribution is 2.45. The fourth-order valence-corrected chi connectivity index (χ4v) is 8.58. The number of aromatic hydroxyl groups is 1. The van der Waals surface area contributed by atoms with Crippen molar-refractivity contribution in [3.63, 3.8) is 0 Å². The first-order valence-electron chi connectivity index (χ1n) is 16.2. The summed E-state index contributed by atoms with van der Waals surface area (Å²) >= 11 is 6.07. The molecule has 1 aromatic heterocycles. The topological polar surface area (TPSA) is 398 Å². The van der Waals surface area contributed by atoms with Gasteiger partial charge in [-0.15, -0.1) is 10.2 Å². The first kappa shape index (κ1) is 46.5. The minimum absolute atomic E-state index is 0.0742. The molecule has 25 nitrogen and oxygen atoms in total. The lowest BCUT2D eigenvalue weighted by Gasteiger charge is -2.14. The monoisotopic (exact) mass is 966 g/mol. The summed E-state index contributed by atoms with van der Waals surface area (Å²) in [5.41, 5.74) is -2.32. The van der Waals surface area contributed by atoms with E-state index in [-0.39, 0.29) is 34.6 Å². The molecule has 0 aliphatic carbocycles. The highest BCUT2D eigenvalue weighted by atomic mass is 35.5. The van der Waals surface area contributed by atoms with Crippen molar-refractivity contribution in [2.24, 2.45) is 10.2 Å². The van der Waals surface area contributed by atoms with E-state index >= 15 is 0 Å². The van der Waals surface area contributed by atoms with Gasteiger partial charge in [0.1, 0.15) is 21.2 Å². The van der Waals surface area contributed by atoms with Gasteiger partial charge in [0.25, 0.3) is 30.4 Å². The Balaban J connectivity index is 1.54. The number of benzene rings is 4. The molecule has 5 aromatic rings. The van der Waals surface area contributed by atoms with Crippen molar-refractivity contribution in [1.82, 2.24) is 15.0 Å². The summed E-state index contributed by atoms with van der Waals surface area (Å²) < 4.78 is 163. The van der Waals surface area contributed by atoms with E-state index in [1.54, 1.807) is 0 Å². The summed E-state index contributed by atoms with van der Waals surface area (Å²) in [5.74, 6) is -3.33. The maximum absolute atomic E-state index is 12.7. The van der Waals surface area contributed by atoms with Crippen molar-refractivity contribution in [3.8, 4) is 5.75 Å². The van der Waals surface area contributed by atoms with E-state index < -0.39 is 122 Å². The van der Waals surface area contributed by atoms with Gasteiger partial charge < -0.3 is 21.1 Å². The van der Waals surface area contributed by atoms with Gasteiger partial charge in [0.15, 0.2) is 15.6 Å². The van der Waals surface area contributed by atoms with Crippen LogP contribution < -0.4 is 16.0 Å². The van der Waals surface area contributed by atoms with Gasteiger partial charge in [0, 0.05) is 23.2 Å². The zero-order valence-electron chi connectivity index (χ0n) is 30.2. The standard InChI is InChI=1S/C30H27ClN8O17S5/c1-2-24(40)34-21-14-19(58(44,45)46)10-15-11-23(60(50,51)52)26(27(41)25(15)21)39-38-20-13-17(6-7-22(20)59(47,48)49)33-30-36-28(31)35-29(37-30)32-16-4-3-5-18(12-16)57(42,43)9-8-56-61(53,54)55/h3-7,10-14,41H,2,8-9H2,1H3,(H,34,40)(H,44,45,46)(H,47,48,49)(H,50,51,52)(H,53,54,55)(H2,32,33,35,36,37). The molecule has 1 heterocycles. The summed E-state index contributed by atoms with van der Waals surface area (Å²) in [5, 5.41) is 24.9. The number of carbonyl (C=O) groups excluding carboxylic acids is 1. The molecule has 326 valence electrons. The van der Waals surface area contributed by atoms with Crippen molar-refractivity contribution in [2.75, 3.05) is 28.3 Å². The number of carbonyl (C=O) groups is 1. The number of phenols is 1. The third-order valence-electron chi connectivity index (χ3n) is 7.69. The number of anilines is 5. The van der Waals surface area contributed by atoms with Crippen molar-refractivity contribution in [3.05, 3.63) is 65.9 Å². The third kappa shape index (κ3) is 11.9. The van der Waals surface area contributed by atoms with E-state index in [2.05, 4.69) is 45.3 Å². The van der Waals surface area contributed by atoms with E-state index in [1.807, 2.05) is 0 Å². The zero-order valence-corrected chi connectivity index (χ0v) is 35.0. The molecule has 0 saturated heterocycles. The molecular weight excluding hydrogens is 940 g/mol. The molecule has 4 aromatic carbocycles. The van der Waals surface area contributed by atoms with Crippen LogP contribution in [0.1, 0.15) is 13.3 Å². The second-order valence-corrected chi connectivity index (χ2v) is 19.7. The van der Waals surface area contributed by atoms with Crippen LogP contribution in [0.3, 0.4) is 0 Å². The van der Waals surface area contributed by atoms with Crippen molar-refractivity contribution in [1.29, 1.82) is 0 Å². The lowest BCUT2D eigenvalue weighted by molar-refractivity contribution is -0.115. The van der Waals surface area contributed by atoms with Crippen LogP contribution in [-0.4, -0.2) is 98.6 Å². The Bertz CT molecular complexity index is 3210. The van der Waals surface area contributed by atoms with Gasteiger partial charge in [0.2, 0.25) is 23.1 Å². The number of nitrogens with one attached hydrogen (secondary N) is 3. The van der Waals surface area contributed by atoms with Crippen LogP contribution in [0.25, 0.3) is 10.8 Å². The van der Waals surface area contributed by atoms with Crippen LogP contribution in [-0.2, 0) is 59.6 Å². The largest absolute Gasteiger partial charge is 0.505 e. The maximum atomic E-state index is 12.7. The van der Waals surface area contributed by atoms with E-state index in [0.717, 1.165) is 30.3 Å². The van der Waals surface area contributed by atoms with Crippen molar-refractivity contribution < 1.29 is 74.4 Å². The molecule has 61 heavy (non-hydrogen) atoms. The fourth-order valence-electron chi connectivity index (χ4n) is 5.09. The molecule has 0 spiro atoms. The van der Waals surface area contributed by atoms with Gasteiger partial charge in [0.05, 0.1) is 27.8 Å². The normalized spacial score (nSPS) is 12.8. The average molecular weight is 967 g/mol. The number of rotatable bonds is 16. The molecule has 8 N–H and O–H groups in total. The number of azo groups is 1. The lowest BCUT2D eigenvalue weighted by atomic mass is 10.1. The number of amides is 1. The first-order valence-corrected chi connectivity index (χ1v) is 23.9. The van der Waals surface area contributed by atoms with Gasteiger partial charge in [-0.1, -0.05) is 13.0 Å². The Morgan fingerprint density at radius 3 is 1.93 bits per heavy atom. The SMILES string of the molecule is CCC(=O)Nc1cc(S(=O)(=O)O)cc2cc(S(=O)(=O)O)c(N=Nc3cc(Nc4nc(Cl)nc(Nc5cccc(S(=O)(=O)CCOS(=O)(=O)O)c5)n4)ccc3S(=O)(=O)O)c(O)c12. The Morgan fingerprint density at radius 1 is 0.738 bits per heavy atom. The summed E-state index contributed by atoms with van der Waals surface area (Å²) in [6.45, 7) is 0.533. The smallest absolute Gasteiger partial charge is 0.397 e. The summed E-state index contributed by atoms with van der Waals surface area (Å²) in [7, 11) is -24.5. The van der Waals surface area contributed by atoms with Crippen LogP contribution in [0.4, 0.5) is 40.3 Å². The number of nitrogens with zero attached hydrogens (tertiary/aromatic N) is 5. The number of hydrogen-bond acceptors (Lipinski definition) is 20. The quantitative estimate of drug-likeness (QED) is 0.0512. The predicted octanol–water partition coefficient (Wildman–Crippen LogP) is 3.97. The highest BCUT2D eigenvalue weighted by molar-refractivity contribution is 7.91. The second kappa shape index (κ2) is 17.4. The van der Waals surface area contributed by atoms with E-state index in [9.17, 15) is 65.6 Å². The van der Waals surface area contributed by atoms with Crippen LogP contribution in [0.15, 0.2) is 90.5 Å². The van der Waals surface area contributed by atoms with Gasteiger partial charge in [-0.3, -0.25) is 23.0 Å². The van der Waals surface area contributed by atoms with Crippen molar-refractivity contribution >= 4 is 119 Å². The molecule has 1 amide bonds. The Labute approximate surface area is 350 Å². The number of fused-ring (bicyclic) bond motifs is 1. The molecule has 31 heteroatoms. The van der Waals surface area contributed by atoms with Gasteiger partial charge in [-0.2, -0.15) is 48.6 Å². The fraction of sp³-hybridized carbons (Fsp3) is 0.133. The molecule has 5 rings (SSSR count). The third-order valence-corrected chi connectivity index (χ3v) is 12.6. The van der Waals surface area contributed by atoms with Crippen molar-refractivity contribution in [2.45, 2.75) is 32.9 Å². The maximum Gasteiger partial charge on any atom is 0.397 e. The highest BCUT2D eigenvalue weighted by Gasteiger charge is 2.27. The molecular formula is C30H27ClN8O17S5. The Kier molecular flexibility index (Phi) is 13.3. The van der Waals surface area contributed by atoms with Crippen LogP contribution in [0.2, 0.25) is 5.28 Å². The summed E-state index contributed by atoms with van der Waals surface area (Å²) in [6.07, 6.45) is -0.173. The number of halogens is 1. The minimum Gasteiger partial charge on any atom is -0.505 e. The molecule has 0 atom stereocenters. The van der Waals surface area contributed by atoms with Crippen LogP contribution in [0, 0.1) is 0 Å². The van der Waals surface area contributed by atoms with E-state index in [1.165, 1.54) is 25.1 Å². The zero-order chi connectivity index (χ0) is 45.3. The minimum atomic E-state index is -5.37. The average Bonchev–Trinajstić information content (AvgIpc) is 3.12. The van der Waals surface area contributed by atoms with Gasteiger partial charge in [-0.25, -0.2) is 12.6 Å². The van der Waals surface area contributed by atoms with E-state index in [0.29, 0.717) is 12.1 Å². The molecule has 0 aliphatic heterocycles. The molecule has 0 unspecified atom stereocenters. The number of phenolic OH excluding ortho intramolecular Hbond substituents is 1. The molecule has 0 saturated carbocycles. The van der Waals surface area contributed by atoms with Gasteiger partial charge in [-0.05, 0) is 71.6 Å². The van der Waals surface area contributed by atoms with Crippen LogP contribution in [0.5, 0.6) is 5.75 Å².